The van der Waals surface area contributed by atoms with E-state index in [0.717, 1.165) is 5.56 Å². The summed E-state index contributed by atoms with van der Waals surface area (Å²) in [4.78, 5) is 0.301. The van der Waals surface area contributed by atoms with Gasteiger partial charge in [0.1, 0.15) is 4.99 Å². The smallest absolute Gasteiger partial charge is 0.104 e. The van der Waals surface area contributed by atoms with Gasteiger partial charge in [-0.15, -0.1) is 0 Å². The summed E-state index contributed by atoms with van der Waals surface area (Å²) < 4.78 is 0. The lowest BCUT2D eigenvalue weighted by atomic mass is 10.2. The number of nitrogens with two attached hydrogens (primary N) is 1. The summed E-state index contributed by atoms with van der Waals surface area (Å²) in [6.07, 6.45) is 0. The number of hydrogen-bond donors (Lipinski definition) is 2. The number of hydrogen-bond acceptors (Lipinski definition) is 2. The lowest BCUT2D eigenvalue weighted by molar-refractivity contribution is 1.45. The van der Waals surface area contributed by atoms with Gasteiger partial charge in [-0.05, 0) is 42.8 Å². The topological polar surface area (TPSA) is 38.0 Å². The summed E-state index contributed by atoms with van der Waals surface area (Å²) in [5.41, 5.74) is 8.57. The first-order valence-corrected chi connectivity index (χ1v) is 7.24. The summed E-state index contributed by atoms with van der Waals surface area (Å²) in [5, 5.41) is 4.85. The van der Waals surface area contributed by atoms with E-state index in [4.69, 9.17) is 52.8 Å². The Morgan fingerprint density at radius 1 is 1.00 bits per heavy atom. The number of benzene rings is 2. The van der Waals surface area contributed by atoms with E-state index >= 15 is 0 Å². The maximum absolute atomic E-state index is 6.19. The molecule has 0 heterocycles. The molecule has 20 heavy (non-hydrogen) atoms. The van der Waals surface area contributed by atoms with Crippen molar-refractivity contribution in [3.63, 3.8) is 0 Å². The zero-order valence-electron chi connectivity index (χ0n) is 10.5. The molecule has 0 aromatic heterocycles. The van der Waals surface area contributed by atoms with Gasteiger partial charge in [0.2, 0.25) is 0 Å². The van der Waals surface area contributed by atoms with Crippen LogP contribution in [-0.4, -0.2) is 4.99 Å². The molecule has 2 aromatic carbocycles. The molecule has 2 nitrogen and oxygen atoms in total. The predicted molar refractivity (Wildman–Crippen MR) is 91.8 cm³/mol. The van der Waals surface area contributed by atoms with Gasteiger partial charge in [-0.1, -0.05) is 47.0 Å². The van der Waals surface area contributed by atoms with Crippen LogP contribution in [0.2, 0.25) is 15.1 Å². The molecule has 0 saturated heterocycles. The summed E-state index contributed by atoms with van der Waals surface area (Å²) in [5.74, 6) is 0. The number of halogens is 3. The van der Waals surface area contributed by atoms with E-state index in [0.29, 0.717) is 37.0 Å². The van der Waals surface area contributed by atoms with Gasteiger partial charge in [-0.2, -0.15) is 0 Å². The van der Waals surface area contributed by atoms with E-state index < -0.39 is 0 Å². The fourth-order valence-electron chi connectivity index (χ4n) is 1.66. The summed E-state index contributed by atoms with van der Waals surface area (Å²) in [7, 11) is 0. The van der Waals surface area contributed by atoms with Crippen molar-refractivity contribution < 1.29 is 0 Å². The first-order chi connectivity index (χ1) is 9.38. The molecule has 0 saturated carbocycles. The molecule has 0 fully saturated rings. The van der Waals surface area contributed by atoms with Crippen LogP contribution in [0.4, 0.5) is 11.4 Å². The molecular formula is C14H11Cl3N2S. The minimum absolute atomic E-state index is 0.301. The quantitative estimate of drug-likeness (QED) is 0.738. The number of rotatable bonds is 3. The van der Waals surface area contributed by atoms with Crippen molar-refractivity contribution in [2.45, 2.75) is 6.92 Å². The molecular weight excluding hydrogens is 335 g/mol. The van der Waals surface area contributed by atoms with E-state index in [9.17, 15) is 0 Å². The molecule has 0 aliphatic rings. The second kappa shape index (κ2) is 6.19. The Balaban J connectivity index is 2.35. The van der Waals surface area contributed by atoms with Gasteiger partial charge in [0.25, 0.3) is 0 Å². The van der Waals surface area contributed by atoms with E-state index in [1.807, 2.05) is 6.92 Å². The van der Waals surface area contributed by atoms with Crippen LogP contribution in [0, 0.1) is 6.92 Å². The first-order valence-electron chi connectivity index (χ1n) is 5.70. The minimum atomic E-state index is 0.301. The van der Waals surface area contributed by atoms with E-state index in [-0.39, 0.29) is 0 Å². The molecule has 2 rings (SSSR count). The summed E-state index contributed by atoms with van der Waals surface area (Å²) >= 11 is 23.4. The highest BCUT2D eigenvalue weighted by atomic mass is 35.5. The van der Waals surface area contributed by atoms with Gasteiger partial charge in [-0.3, -0.25) is 0 Å². The van der Waals surface area contributed by atoms with Crippen molar-refractivity contribution in [3.05, 3.63) is 56.5 Å². The second-order valence-electron chi connectivity index (χ2n) is 4.27. The summed E-state index contributed by atoms with van der Waals surface area (Å²) in [6, 6.07) is 8.84. The van der Waals surface area contributed by atoms with Crippen LogP contribution in [0.1, 0.15) is 11.1 Å². The first kappa shape index (κ1) is 15.4. The van der Waals surface area contributed by atoms with Crippen LogP contribution < -0.4 is 11.1 Å². The van der Waals surface area contributed by atoms with Gasteiger partial charge in [-0.25, -0.2) is 0 Å². The Morgan fingerprint density at radius 2 is 1.65 bits per heavy atom. The average Bonchev–Trinajstić information content (AvgIpc) is 2.37. The van der Waals surface area contributed by atoms with Gasteiger partial charge in [0, 0.05) is 10.6 Å². The van der Waals surface area contributed by atoms with Gasteiger partial charge >= 0.3 is 0 Å². The third-order valence-corrected chi connectivity index (χ3v) is 4.04. The lowest BCUT2D eigenvalue weighted by Gasteiger charge is -2.12. The van der Waals surface area contributed by atoms with Gasteiger partial charge in [0.15, 0.2) is 0 Å². The second-order valence-corrected chi connectivity index (χ2v) is 5.93. The fraction of sp³-hybridized carbons (Fsp3) is 0.0714. The van der Waals surface area contributed by atoms with Crippen molar-refractivity contribution in [1.82, 2.24) is 0 Å². The van der Waals surface area contributed by atoms with Gasteiger partial charge < -0.3 is 11.1 Å². The molecule has 0 unspecified atom stereocenters. The normalized spacial score (nSPS) is 10.4. The molecule has 2 aromatic rings. The maximum atomic E-state index is 6.19. The standard InChI is InChI=1S/C14H11Cl3N2S/c1-7-4-10(16)13(6-9(7)15)19-12-3-2-8(14(18)20)5-11(12)17/h2-6,19H,1H3,(H2,18,20). The van der Waals surface area contributed by atoms with Crippen molar-refractivity contribution in [3.8, 4) is 0 Å². The number of nitrogens with one attached hydrogen (secondary N) is 1. The molecule has 6 heteroatoms. The Hall–Kier alpha value is -1.000. The molecule has 0 bridgehead atoms. The van der Waals surface area contributed by atoms with Crippen molar-refractivity contribution in [2.24, 2.45) is 5.73 Å². The molecule has 0 amide bonds. The van der Waals surface area contributed by atoms with Crippen LogP contribution in [0.15, 0.2) is 30.3 Å². The van der Waals surface area contributed by atoms with Crippen molar-refractivity contribution in [2.75, 3.05) is 5.32 Å². The zero-order valence-corrected chi connectivity index (χ0v) is 13.6. The highest BCUT2D eigenvalue weighted by Crippen LogP contribution is 2.33. The number of anilines is 2. The Morgan fingerprint density at radius 3 is 2.25 bits per heavy atom. The van der Waals surface area contributed by atoms with Crippen LogP contribution in [0.5, 0.6) is 0 Å². The zero-order chi connectivity index (χ0) is 14.9. The van der Waals surface area contributed by atoms with Gasteiger partial charge in [0.05, 0.1) is 21.4 Å². The van der Waals surface area contributed by atoms with E-state index in [1.165, 1.54) is 0 Å². The SMILES string of the molecule is Cc1cc(Cl)c(Nc2ccc(C(N)=S)cc2Cl)cc1Cl. The van der Waals surface area contributed by atoms with Crippen LogP contribution in [0.3, 0.4) is 0 Å². The third-order valence-electron chi connectivity index (χ3n) is 2.77. The van der Waals surface area contributed by atoms with Crippen molar-refractivity contribution in [1.29, 1.82) is 0 Å². The molecule has 0 radical (unpaired) electrons. The predicted octanol–water partition coefficient (Wildman–Crippen LogP) is 5.33. The molecule has 104 valence electrons. The Kier molecular flexibility index (Phi) is 4.76. The molecule has 3 N–H and O–H groups in total. The Labute approximate surface area is 137 Å². The highest BCUT2D eigenvalue weighted by Gasteiger charge is 2.08. The van der Waals surface area contributed by atoms with E-state index in [2.05, 4.69) is 5.32 Å². The Bertz CT molecular complexity index is 686. The third kappa shape index (κ3) is 3.36. The minimum Gasteiger partial charge on any atom is -0.389 e. The monoisotopic (exact) mass is 344 g/mol. The lowest BCUT2D eigenvalue weighted by Crippen LogP contribution is -2.09. The number of thiocarbonyl (C=S) groups is 1. The highest BCUT2D eigenvalue weighted by molar-refractivity contribution is 7.80. The van der Waals surface area contributed by atoms with Crippen LogP contribution in [0.25, 0.3) is 0 Å². The molecule has 0 atom stereocenters. The fourth-order valence-corrected chi connectivity index (χ4v) is 2.44. The molecule has 0 aliphatic carbocycles. The van der Waals surface area contributed by atoms with E-state index in [1.54, 1.807) is 30.3 Å². The largest absolute Gasteiger partial charge is 0.389 e. The number of aryl methyl sites for hydroxylation is 1. The van der Waals surface area contributed by atoms with Crippen LogP contribution >= 0.6 is 47.0 Å². The maximum Gasteiger partial charge on any atom is 0.104 e. The summed E-state index contributed by atoms with van der Waals surface area (Å²) in [6.45, 7) is 1.89. The van der Waals surface area contributed by atoms with Crippen molar-refractivity contribution >= 4 is 63.4 Å². The average molecular weight is 346 g/mol. The van der Waals surface area contributed by atoms with Crippen LogP contribution in [-0.2, 0) is 0 Å². The molecule has 0 spiro atoms. The molecule has 0 aliphatic heterocycles.